The van der Waals surface area contributed by atoms with Crippen LogP contribution in [0.25, 0.3) is 6.08 Å². The minimum absolute atomic E-state index is 0.161. The normalized spacial score (nSPS) is 10.1. The lowest BCUT2D eigenvalue weighted by molar-refractivity contribution is -0.123. The summed E-state index contributed by atoms with van der Waals surface area (Å²) >= 11 is 0. The predicted molar refractivity (Wildman–Crippen MR) is 67.4 cm³/mol. The van der Waals surface area contributed by atoms with E-state index in [9.17, 15) is 9.59 Å². The van der Waals surface area contributed by atoms with Crippen LogP contribution in [0.4, 0.5) is 0 Å². The lowest BCUT2D eigenvalue weighted by atomic mass is 10.2. The molecule has 4 N–H and O–H groups in total. The number of methoxy groups -OCH3 is 1. The van der Waals surface area contributed by atoms with E-state index < -0.39 is 5.91 Å². The van der Waals surface area contributed by atoms with Crippen LogP contribution in [-0.2, 0) is 9.59 Å². The highest BCUT2D eigenvalue weighted by atomic mass is 16.5. The highest BCUT2D eigenvalue weighted by molar-refractivity contribution is 5.94. The molecule has 0 aliphatic rings. The third-order valence-electron chi connectivity index (χ3n) is 2.14. The van der Waals surface area contributed by atoms with Crippen LogP contribution in [0, 0.1) is 0 Å². The molecule has 0 atom stereocenters. The van der Waals surface area contributed by atoms with E-state index in [-0.39, 0.29) is 12.5 Å². The van der Waals surface area contributed by atoms with Crippen LogP contribution in [0.5, 0.6) is 5.75 Å². The highest BCUT2D eigenvalue weighted by Crippen LogP contribution is 2.18. The number of amides is 2. The van der Waals surface area contributed by atoms with Gasteiger partial charge < -0.3 is 10.1 Å². The maximum atomic E-state index is 11.4. The van der Waals surface area contributed by atoms with Crippen LogP contribution >= 0.6 is 0 Å². The molecule has 2 amide bonds. The second kappa shape index (κ2) is 7.08. The molecular formula is C12H15N3O3. The number of ether oxygens (including phenoxy) is 1. The van der Waals surface area contributed by atoms with Crippen LogP contribution in [0.1, 0.15) is 5.56 Å². The molecule has 0 fully saturated rings. The van der Waals surface area contributed by atoms with Crippen LogP contribution in [0.3, 0.4) is 0 Å². The monoisotopic (exact) mass is 249 g/mol. The Balaban J connectivity index is 2.58. The topological polar surface area (TPSA) is 93.4 Å². The van der Waals surface area contributed by atoms with Gasteiger partial charge in [-0.15, -0.1) is 0 Å². The van der Waals surface area contributed by atoms with Crippen molar-refractivity contribution in [1.82, 2.24) is 10.7 Å². The van der Waals surface area contributed by atoms with Crippen molar-refractivity contribution < 1.29 is 14.3 Å². The average Bonchev–Trinajstić information content (AvgIpc) is 2.42. The summed E-state index contributed by atoms with van der Waals surface area (Å²) in [7, 11) is 1.55. The number of nitrogens with one attached hydrogen (secondary N) is 2. The first-order chi connectivity index (χ1) is 8.67. The second-order valence-electron chi connectivity index (χ2n) is 3.36. The van der Waals surface area contributed by atoms with Gasteiger partial charge in [0.1, 0.15) is 5.75 Å². The zero-order chi connectivity index (χ0) is 13.4. The molecular weight excluding hydrogens is 234 g/mol. The van der Waals surface area contributed by atoms with Gasteiger partial charge >= 0.3 is 0 Å². The van der Waals surface area contributed by atoms with E-state index in [1.54, 1.807) is 19.3 Å². The average molecular weight is 249 g/mol. The summed E-state index contributed by atoms with van der Waals surface area (Å²) in [6, 6.07) is 7.28. The Labute approximate surface area is 105 Å². The standard InChI is InChI=1S/C12H15N3O3/c1-18-10-5-3-2-4-9(10)6-7-11(16)14-8-12(17)15-13/h2-7H,8,13H2,1H3,(H,14,16)(H,15,17). The van der Waals surface area contributed by atoms with Gasteiger partial charge in [-0.3, -0.25) is 15.0 Å². The molecule has 1 aromatic rings. The molecule has 0 spiro atoms. The number of rotatable bonds is 5. The first-order valence-electron chi connectivity index (χ1n) is 5.25. The van der Waals surface area contributed by atoms with Gasteiger partial charge in [-0.05, 0) is 12.1 Å². The molecule has 6 nitrogen and oxygen atoms in total. The van der Waals surface area contributed by atoms with Crippen molar-refractivity contribution >= 4 is 17.9 Å². The van der Waals surface area contributed by atoms with Crippen molar-refractivity contribution in [2.24, 2.45) is 5.84 Å². The van der Waals surface area contributed by atoms with Gasteiger partial charge in [0.05, 0.1) is 13.7 Å². The number of hydrogen-bond acceptors (Lipinski definition) is 4. The van der Waals surface area contributed by atoms with E-state index >= 15 is 0 Å². The fourth-order valence-corrected chi connectivity index (χ4v) is 1.25. The van der Waals surface area contributed by atoms with Gasteiger partial charge in [0.2, 0.25) is 5.91 Å². The van der Waals surface area contributed by atoms with Crippen LogP contribution < -0.4 is 21.3 Å². The van der Waals surface area contributed by atoms with Crippen molar-refractivity contribution in [3.05, 3.63) is 35.9 Å². The number of hydrogen-bond donors (Lipinski definition) is 3. The molecule has 0 heterocycles. The number of carbonyl (C=O) groups excluding carboxylic acids is 2. The minimum atomic E-state index is -0.464. The SMILES string of the molecule is COc1ccccc1C=CC(=O)NCC(=O)NN. The Morgan fingerprint density at radius 2 is 2.11 bits per heavy atom. The third kappa shape index (κ3) is 4.26. The minimum Gasteiger partial charge on any atom is -0.496 e. The molecule has 1 aromatic carbocycles. The molecule has 0 radical (unpaired) electrons. The van der Waals surface area contributed by atoms with Gasteiger partial charge in [0.25, 0.3) is 5.91 Å². The molecule has 0 saturated heterocycles. The lowest BCUT2D eigenvalue weighted by Gasteiger charge is -2.03. The number of benzene rings is 1. The second-order valence-corrected chi connectivity index (χ2v) is 3.36. The van der Waals surface area contributed by atoms with E-state index in [0.29, 0.717) is 5.75 Å². The van der Waals surface area contributed by atoms with Crippen molar-refractivity contribution in [3.63, 3.8) is 0 Å². The molecule has 0 saturated carbocycles. The maximum absolute atomic E-state index is 11.4. The van der Waals surface area contributed by atoms with Crippen molar-refractivity contribution in [1.29, 1.82) is 0 Å². The van der Waals surface area contributed by atoms with Gasteiger partial charge in [0.15, 0.2) is 0 Å². The van der Waals surface area contributed by atoms with Crippen LogP contribution in [-0.4, -0.2) is 25.5 Å². The molecule has 0 aliphatic heterocycles. The molecule has 0 aromatic heterocycles. The molecule has 0 aliphatic carbocycles. The fraction of sp³-hybridized carbons (Fsp3) is 0.167. The Kier molecular flexibility index (Phi) is 5.40. The first-order valence-corrected chi connectivity index (χ1v) is 5.25. The zero-order valence-electron chi connectivity index (χ0n) is 9.97. The lowest BCUT2D eigenvalue weighted by Crippen LogP contribution is -2.39. The summed E-state index contributed by atoms with van der Waals surface area (Å²) in [6.07, 6.45) is 2.93. The van der Waals surface area contributed by atoms with Gasteiger partial charge in [-0.25, -0.2) is 5.84 Å². The zero-order valence-corrected chi connectivity index (χ0v) is 9.97. The Morgan fingerprint density at radius 3 is 2.78 bits per heavy atom. The fourth-order valence-electron chi connectivity index (χ4n) is 1.25. The Hall–Kier alpha value is -2.34. The summed E-state index contributed by atoms with van der Waals surface area (Å²) < 4.78 is 5.13. The molecule has 96 valence electrons. The summed E-state index contributed by atoms with van der Waals surface area (Å²) in [5, 5.41) is 2.38. The van der Waals surface area contributed by atoms with Crippen molar-refractivity contribution in [3.8, 4) is 5.75 Å². The number of nitrogens with two attached hydrogens (primary N) is 1. The van der Waals surface area contributed by atoms with Gasteiger partial charge in [-0.1, -0.05) is 18.2 Å². The van der Waals surface area contributed by atoms with Crippen LogP contribution in [0.15, 0.2) is 30.3 Å². The summed E-state index contributed by atoms with van der Waals surface area (Å²) in [5.74, 6) is 4.70. The van der Waals surface area contributed by atoms with E-state index in [1.807, 2.05) is 23.6 Å². The molecule has 0 unspecified atom stereocenters. The third-order valence-corrected chi connectivity index (χ3v) is 2.14. The summed E-state index contributed by atoms with van der Waals surface area (Å²) in [4.78, 5) is 22.2. The first kappa shape index (κ1) is 13.7. The quantitative estimate of drug-likeness (QED) is 0.292. The smallest absolute Gasteiger partial charge is 0.253 e. The summed E-state index contributed by atoms with van der Waals surface area (Å²) in [6.45, 7) is -0.161. The van der Waals surface area contributed by atoms with E-state index in [0.717, 1.165) is 5.56 Å². The number of hydrazine groups is 1. The molecule has 18 heavy (non-hydrogen) atoms. The molecule has 0 bridgehead atoms. The predicted octanol–water partition coefficient (Wildman–Crippen LogP) is -0.186. The van der Waals surface area contributed by atoms with E-state index in [1.165, 1.54) is 6.08 Å². The molecule has 1 rings (SSSR count). The molecule has 6 heteroatoms. The van der Waals surface area contributed by atoms with Crippen LogP contribution in [0.2, 0.25) is 0 Å². The largest absolute Gasteiger partial charge is 0.496 e. The Morgan fingerprint density at radius 1 is 1.39 bits per heavy atom. The van der Waals surface area contributed by atoms with Crippen molar-refractivity contribution in [2.45, 2.75) is 0 Å². The van der Waals surface area contributed by atoms with Crippen molar-refractivity contribution in [2.75, 3.05) is 13.7 Å². The maximum Gasteiger partial charge on any atom is 0.253 e. The van der Waals surface area contributed by atoms with Gasteiger partial charge in [0, 0.05) is 11.6 Å². The van der Waals surface area contributed by atoms with E-state index in [2.05, 4.69) is 5.32 Å². The number of carbonyl (C=O) groups is 2. The Bertz CT molecular complexity index is 458. The highest BCUT2D eigenvalue weighted by Gasteiger charge is 2.01. The number of para-hydroxylation sites is 1. The van der Waals surface area contributed by atoms with Gasteiger partial charge in [-0.2, -0.15) is 0 Å². The summed E-state index contributed by atoms with van der Waals surface area (Å²) in [5.41, 5.74) is 2.69. The van der Waals surface area contributed by atoms with E-state index in [4.69, 9.17) is 10.6 Å².